The van der Waals surface area contributed by atoms with Crippen LogP contribution in [0.5, 0.6) is 0 Å². The summed E-state index contributed by atoms with van der Waals surface area (Å²) in [6.07, 6.45) is 6.68. The highest BCUT2D eigenvalue weighted by Gasteiger charge is 2.44. The normalized spacial score (nSPS) is 18.7. The van der Waals surface area contributed by atoms with Crippen LogP contribution in [0.2, 0.25) is 0 Å². The lowest BCUT2D eigenvalue weighted by atomic mass is 10.0. The van der Waals surface area contributed by atoms with Crippen molar-refractivity contribution in [3.8, 4) is 44.9 Å². The Kier molecular flexibility index (Phi) is 15.9. The molecular weight excluding hydrogens is 965 g/mol. The van der Waals surface area contributed by atoms with Gasteiger partial charge in [0.2, 0.25) is 11.8 Å². The smallest absolute Gasteiger partial charge is 0.407 e. The second-order valence-electron chi connectivity index (χ2n) is 19.8. The number of nitrogens with zero attached hydrogens (tertiary/aromatic N) is 9. The average Bonchev–Trinajstić information content (AvgIpc) is 4.32. The number of methoxy groups -OCH3 is 2. The molecule has 7 aromatic rings. The Hall–Kier alpha value is -8.81. The van der Waals surface area contributed by atoms with E-state index in [-0.39, 0.29) is 42.3 Å². The van der Waals surface area contributed by atoms with Crippen molar-refractivity contribution in [2.45, 2.75) is 82.8 Å². The van der Waals surface area contributed by atoms with Gasteiger partial charge >= 0.3 is 12.2 Å². The summed E-state index contributed by atoms with van der Waals surface area (Å²) in [5.41, 5.74) is 15.7. The Morgan fingerprint density at radius 2 is 1.14 bits per heavy atom. The van der Waals surface area contributed by atoms with E-state index < -0.39 is 42.4 Å². The second-order valence-corrected chi connectivity index (χ2v) is 19.8. The number of hydrogen-bond donors (Lipinski definition) is 5. The molecular formula is C56H62N14O6. The molecule has 0 aliphatic carbocycles. The number of hydrogen-bond acceptors (Lipinski definition) is 13. The lowest BCUT2D eigenvalue weighted by molar-refractivity contribution is -0.136. The zero-order valence-electron chi connectivity index (χ0n) is 43.2. The van der Waals surface area contributed by atoms with Gasteiger partial charge in [-0.25, -0.2) is 29.8 Å². The van der Waals surface area contributed by atoms with Crippen LogP contribution in [0.4, 0.5) is 9.59 Å². The summed E-state index contributed by atoms with van der Waals surface area (Å²) in [7, 11) is 2.54. The Balaban J connectivity index is 0.909. The summed E-state index contributed by atoms with van der Waals surface area (Å²) in [5.74, 6) is 0.226. The third kappa shape index (κ3) is 11.4. The molecule has 2 fully saturated rings. The predicted octanol–water partition coefficient (Wildman–Crippen LogP) is 9.15. The zero-order valence-corrected chi connectivity index (χ0v) is 43.2. The van der Waals surface area contributed by atoms with E-state index in [0.29, 0.717) is 31.0 Å². The van der Waals surface area contributed by atoms with Gasteiger partial charge in [0.1, 0.15) is 35.5 Å². The summed E-state index contributed by atoms with van der Waals surface area (Å²) >= 11 is 0. The monoisotopic (exact) mass is 1030 g/mol. The molecule has 0 bridgehead atoms. The van der Waals surface area contributed by atoms with Crippen molar-refractivity contribution >= 4 is 30.2 Å². The number of alkyl carbamates (subject to hydrolysis) is 2. The minimum atomic E-state index is -0.845. The van der Waals surface area contributed by atoms with E-state index in [1.807, 2.05) is 143 Å². The van der Waals surface area contributed by atoms with Crippen LogP contribution in [-0.2, 0) is 19.1 Å². The second kappa shape index (κ2) is 23.2. The largest absolute Gasteiger partial charge is 0.453 e. The van der Waals surface area contributed by atoms with Crippen molar-refractivity contribution in [2.75, 3.05) is 27.3 Å². The molecule has 7 unspecified atom stereocenters. The molecule has 9 rings (SSSR count). The first kappa shape index (κ1) is 52.1. The molecule has 0 saturated carbocycles. The van der Waals surface area contributed by atoms with Gasteiger partial charge in [-0.1, -0.05) is 142 Å². The first-order chi connectivity index (χ1) is 36.8. The van der Waals surface area contributed by atoms with Gasteiger partial charge in [-0.05, 0) is 52.5 Å². The van der Waals surface area contributed by atoms with Gasteiger partial charge < -0.3 is 39.9 Å². The molecule has 4 aromatic carbocycles. The van der Waals surface area contributed by atoms with Crippen molar-refractivity contribution in [3.63, 3.8) is 0 Å². The Morgan fingerprint density at radius 1 is 0.658 bits per heavy atom. The number of amides is 4. The van der Waals surface area contributed by atoms with Gasteiger partial charge in [-0.3, -0.25) is 14.6 Å². The van der Waals surface area contributed by atoms with E-state index in [4.69, 9.17) is 30.0 Å². The van der Waals surface area contributed by atoms with Crippen molar-refractivity contribution in [1.82, 2.24) is 55.4 Å². The number of carbonyl (C=O) groups excluding carboxylic acids is 4. The Bertz CT molecular complexity index is 3150. The maximum Gasteiger partial charge on any atom is 0.407 e. The SMILES string of the molecule is COC(=O)NC(C(=O)N1CC(N=CC(N=N)c2ccccc2)CC1c1ncc(-c2ccc(-c3ccc(-c4cnc(C5CC(n6cc(-c7ccccc7)nn6)CN5C(=O)C(NC(=O)OC)C(C)C)[nH]4)cc3)cc2)[nH]1)C(C)C. The number of H-pyrrole nitrogens is 2. The van der Waals surface area contributed by atoms with E-state index in [2.05, 4.69) is 36.0 Å². The number of rotatable bonds is 17. The maximum absolute atomic E-state index is 14.4. The number of aromatic nitrogens is 7. The molecule has 2 aliphatic rings. The highest BCUT2D eigenvalue weighted by molar-refractivity contribution is 5.87. The fourth-order valence-corrected chi connectivity index (χ4v) is 9.92. The Labute approximate surface area is 440 Å². The quantitative estimate of drug-likeness (QED) is 0.0427. The maximum atomic E-state index is 14.4. The number of carbonyl (C=O) groups is 4. The first-order valence-electron chi connectivity index (χ1n) is 25.3. The Morgan fingerprint density at radius 3 is 1.64 bits per heavy atom. The zero-order chi connectivity index (χ0) is 53.5. The highest BCUT2D eigenvalue weighted by atomic mass is 16.5. The molecule has 0 radical (unpaired) electrons. The molecule has 3 aromatic heterocycles. The molecule has 2 saturated heterocycles. The van der Waals surface area contributed by atoms with E-state index in [1.54, 1.807) is 33.1 Å². The number of aliphatic imine (C=N–C) groups is 1. The highest BCUT2D eigenvalue weighted by Crippen LogP contribution is 2.39. The summed E-state index contributed by atoms with van der Waals surface area (Å²) in [4.78, 5) is 78.3. The van der Waals surface area contributed by atoms with Crippen LogP contribution in [0.15, 0.2) is 138 Å². The third-order valence-electron chi connectivity index (χ3n) is 14.1. The van der Waals surface area contributed by atoms with E-state index >= 15 is 0 Å². The number of aromatic amines is 2. The number of benzene rings is 4. The van der Waals surface area contributed by atoms with Gasteiger partial charge in [-0.15, -0.1) is 5.10 Å². The van der Waals surface area contributed by atoms with E-state index in [1.165, 1.54) is 14.2 Å². The molecule has 20 heteroatoms. The standard InChI is InChI=1S/C56H62N14O6/c1-33(2)49(63-55(73)75-5)53(71)68-30-41(58-29-45(65-57)37-13-9-7-10-14-37)25-47(68)51-59-27-43(61-51)39-21-17-35(18-22-39)36-19-23-40(24-20-36)44-28-60-52(62-44)48-26-42(70-32-46(66-67-70)38-15-11-8-12-16-38)31-69(48)54(72)50(34(3)4)64-56(74)76-6/h7-24,27-29,32-34,41-42,45,47-50,57H,25-26,30-31H2,1-6H3,(H,59,61)(H,60,62)(H,63,73)(H,64,74). The number of likely N-dealkylation sites (tertiary alicyclic amines) is 2. The molecule has 4 amide bonds. The summed E-state index contributed by atoms with van der Waals surface area (Å²) < 4.78 is 11.5. The fraction of sp³-hybridized carbons (Fsp3) is 0.339. The summed E-state index contributed by atoms with van der Waals surface area (Å²) in [5, 5.41) is 18.2. The van der Waals surface area contributed by atoms with E-state index in [0.717, 1.165) is 50.5 Å². The summed E-state index contributed by atoms with van der Waals surface area (Å²) in [6, 6.07) is 31.8. The molecule has 392 valence electrons. The number of ether oxygens (including phenoxy) is 2. The molecule has 0 spiro atoms. The van der Waals surface area contributed by atoms with Crippen LogP contribution < -0.4 is 10.6 Å². The van der Waals surface area contributed by atoms with Gasteiger partial charge in [0.05, 0.1) is 68.4 Å². The van der Waals surface area contributed by atoms with Crippen LogP contribution in [0.3, 0.4) is 0 Å². The minimum absolute atomic E-state index is 0.210. The summed E-state index contributed by atoms with van der Waals surface area (Å²) in [6.45, 7) is 8.09. The fourth-order valence-electron chi connectivity index (χ4n) is 9.92. The van der Waals surface area contributed by atoms with Gasteiger partial charge in [0.15, 0.2) is 0 Å². The van der Waals surface area contributed by atoms with Gasteiger partial charge in [0, 0.05) is 24.9 Å². The number of imidazole rings is 2. The van der Waals surface area contributed by atoms with Crippen LogP contribution in [0.25, 0.3) is 44.9 Å². The van der Waals surface area contributed by atoms with Crippen LogP contribution in [0.1, 0.15) is 81.9 Å². The topological polar surface area (TPSA) is 254 Å². The molecule has 76 heavy (non-hydrogen) atoms. The third-order valence-corrected chi connectivity index (χ3v) is 14.1. The molecule has 7 atom stereocenters. The van der Waals surface area contributed by atoms with Gasteiger partial charge in [0.25, 0.3) is 0 Å². The molecule has 5 N–H and O–H groups in total. The number of nitrogens with one attached hydrogen (secondary N) is 5. The van der Waals surface area contributed by atoms with Crippen molar-refractivity contribution in [3.05, 3.63) is 145 Å². The first-order valence-corrected chi connectivity index (χ1v) is 25.3. The van der Waals surface area contributed by atoms with Crippen LogP contribution in [0, 0.1) is 17.4 Å². The van der Waals surface area contributed by atoms with Crippen molar-refractivity contribution in [1.29, 1.82) is 5.53 Å². The van der Waals surface area contributed by atoms with Crippen molar-refractivity contribution in [2.24, 2.45) is 21.9 Å². The van der Waals surface area contributed by atoms with Crippen LogP contribution in [-0.4, -0.2) is 120 Å². The lowest BCUT2D eigenvalue weighted by Crippen LogP contribution is -2.51. The minimum Gasteiger partial charge on any atom is -0.453 e. The van der Waals surface area contributed by atoms with Gasteiger partial charge in [-0.2, -0.15) is 5.11 Å². The average molecular weight is 1030 g/mol. The van der Waals surface area contributed by atoms with Crippen molar-refractivity contribution < 1.29 is 28.7 Å². The predicted molar refractivity (Wildman–Crippen MR) is 285 cm³/mol. The molecule has 2 aliphatic heterocycles. The molecule has 5 heterocycles. The lowest BCUT2D eigenvalue weighted by Gasteiger charge is -2.29. The van der Waals surface area contributed by atoms with E-state index in [9.17, 15) is 19.2 Å². The molecule has 20 nitrogen and oxygen atoms in total. The van der Waals surface area contributed by atoms with Crippen LogP contribution >= 0.6 is 0 Å².